The van der Waals surface area contributed by atoms with Crippen molar-refractivity contribution in [2.45, 2.75) is 82.4 Å². The molecule has 0 aromatic carbocycles. The zero-order chi connectivity index (χ0) is 12.1. The van der Waals surface area contributed by atoms with Crippen molar-refractivity contribution in [3.05, 3.63) is 0 Å². The van der Waals surface area contributed by atoms with Crippen LogP contribution in [0, 0.1) is 0 Å². The van der Waals surface area contributed by atoms with Gasteiger partial charge in [-0.3, -0.25) is 0 Å². The molecule has 0 aliphatic rings. The maximum absolute atomic E-state index is 3.65. The van der Waals surface area contributed by atoms with Crippen molar-refractivity contribution in [3.63, 3.8) is 0 Å². The Morgan fingerprint density at radius 3 is 1.62 bits per heavy atom. The molecule has 0 heterocycles. The second kappa shape index (κ2) is 14.0. The summed E-state index contributed by atoms with van der Waals surface area (Å²) in [6, 6.07) is 0. The Kier molecular flexibility index (Phi) is 14.9. The fraction of sp³-hybridized carbons (Fsp3) is 1.00. The molecule has 0 fully saturated rings. The molecule has 0 aromatic rings. The van der Waals surface area contributed by atoms with Crippen LogP contribution in [0.5, 0.6) is 0 Å². The Bertz CT molecular complexity index is 126. The minimum Gasteiger partial charge on any atom is -0.0916 e. The van der Waals surface area contributed by atoms with E-state index in [1.54, 1.807) is 0 Å². The lowest BCUT2D eigenvalue weighted by Gasteiger charge is -2.05. The molecule has 98 valence electrons. The number of alkyl halides is 2. The van der Waals surface area contributed by atoms with Crippen LogP contribution in [0.15, 0.2) is 0 Å². The highest BCUT2D eigenvalue weighted by molar-refractivity contribution is 9.12. The molecule has 2 heteroatoms. The topological polar surface area (TPSA) is 0 Å². The van der Waals surface area contributed by atoms with Crippen molar-refractivity contribution in [2.75, 3.05) is 5.33 Å². The zero-order valence-corrected chi connectivity index (χ0v) is 14.0. The van der Waals surface area contributed by atoms with Crippen LogP contribution in [-0.4, -0.2) is 10.2 Å². The summed E-state index contributed by atoms with van der Waals surface area (Å²) < 4.78 is 0. The lowest BCUT2D eigenvalue weighted by atomic mass is 10.1. The van der Waals surface area contributed by atoms with Crippen LogP contribution in [0.1, 0.15) is 77.6 Å². The fourth-order valence-electron chi connectivity index (χ4n) is 1.93. The average Bonchev–Trinajstić information content (AvgIpc) is 2.31. The van der Waals surface area contributed by atoms with Gasteiger partial charge in [0.2, 0.25) is 0 Å². The van der Waals surface area contributed by atoms with E-state index in [9.17, 15) is 0 Å². The van der Waals surface area contributed by atoms with Gasteiger partial charge in [-0.1, -0.05) is 103 Å². The second-order valence-corrected chi connectivity index (χ2v) is 6.66. The summed E-state index contributed by atoms with van der Waals surface area (Å²) in [5, 5.41) is 1.09. The van der Waals surface area contributed by atoms with Crippen molar-refractivity contribution >= 4 is 31.9 Å². The number of hydrogen-bond acceptors (Lipinski definition) is 0. The number of halogens is 2. The average molecular weight is 356 g/mol. The standard InChI is InChI=1S/C14H28Br2/c1-2-3-4-5-6-7-8-9-10-11-12-14(16)13-15/h14H,2-13H2,1H3/t14-/m0/s1. The molecule has 0 aromatic heterocycles. The summed E-state index contributed by atoms with van der Waals surface area (Å²) in [5.74, 6) is 0. The molecule has 1 atom stereocenters. The highest BCUT2D eigenvalue weighted by Gasteiger charge is 2.00. The molecule has 0 saturated carbocycles. The molecule has 0 saturated heterocycles. The molecular formula is C14H28Br2. The summed E-state index contributed by atoms with van der Waals surface area (Å²) in [6.07, 6.45) is 15.6. The van der Waals surface area contributed by atoms with Gasteiger partial charge >= 0.3 is 0 Å². The Labute approximate surface area is 119 Å². The van der Waals surface area contributed by atoms with Gasteiger partial charge in [0.25, 0.3) is 0 Å². The smallest absolute Gasteiger partial charge is 0.0242 e. The van der Waals surface area contributed by atoms with E-state index < -0.39 is 0 Å². The summed E-state index contributed by atoms with van der Waals surface area (Å²) in [6.45, 7) is 2.28. The molecular weight excluding hydrogens is 328 g/mol. The molecule has 16 heavy (non-hydrogen) atoms. The molecule has 0 spiro atoms. The van der Waals surface area contributed by atoms with Gasteiger partial charge in [0, 0.05) is 10.2 Å². The van der Waals surface area contributed by atoms with Gasteiger partial charge in [0.05, 0.1) is 0 Å². The van der Waals surface area contributed by atoms with E-state index in [2.05, 4.69) is 38.8 Å². The lowest BCUT2D eigenvalue weighted by molar-refractivity contribution is 0.550. The van der Waals surface area contributed by atoms with E-state index in [-0.39, 0.29) is 0 Å². The zero-order valence-electron chi connectivity index (χ0n) is 10.8. The Morgan fingerprint density at radius 1 is 0.750 bits per heavy atom. The van der Waals surface area contributed by atoms with Gasteiger partial charge in [-0.2, -0.15) is 0 Å². The van der Waals surface area contributed by atoms with E-state index in [1.165, 1.54) is 70.6 Å². The first-order chi connectivity index (χ1) is 7.81. The number of unbranched alkanes of at least 4 members (excludes halogenated alkanes) is 9. The molecule has 0 aliphatic carbocycles. The first-order valence-electron chi connectivity index (χ1n) is 7.01. The summed E-state index contributed by atoms with van der Waals surface area (Å²) in [4.78, 5) is 0.682. The third-order valence-electron chi connectivity index (χ3n) is 3.04. The summed E-state index contributed by atoms with van der Waals surface area (Å²) in [5.41, 5.74) is 0. The van der Waals surface area contributed by atoms with Crippen LogP contribution in [0.4, 0.5) is 0 Å². The molecule has 0 N–H and O–H groups in total. The van der Waals surface area contributed by atoms with Gasteiger partial charge in [-0.15, -0.1) is 0 Å². The largest absolute Gasteiger partial charge is 0.0916 e. The summed E-state index contributed by atoms with van der Waals surface area (Å²) >= 11 is 7.14. The second-order valence-electron chi connectivity index (χ2n) is 4.72. The normalized spacial score (nSPS) is 12.9. The number of rotatable bonds is 12. The minimum atomic E-state index is 0.682. The molecule has 0 nitrogen and oxygen atoms in total. The van der Waals surface area contributed by atoms with Crippen LogP contribution in [0.2, 0.25) is 0 Å². The van der Waals surface area contributed by atoms with Crippen molar-refractivity contribution in [1.82, 2.24) is 0 Å². The Morgan fingerprint density at radius 2 is 1.19 bits per heavy atom. The molecule has 0 amide bonds. The maximum Gasteiger partial charge on any atom is 0.0242 e. The van der Waals surface area contributed by atoms with E-state index in [0.717, 1.165) is 5.33 Å². The Hall–Kier alpha value is 0.960. The van der Waals surface area contributed by atoms with Crippen molar-refractivity contribution in [1.29, 1.82) is 0 Å². The predicted octanol–water partition coefficient (Wildman–Crippen LogP) is 6.46. The van der Waals surface area contributed by atoms with E-state index in [0.29, 0.717) is 4.83 Å². The third-order valence-corrected chi connectivity index (χ3v) is 5.47. The predicted molar refractivity (Wildman–Crippen MR) is 83.0 cm³/mol. The van der Waals surface area contributed by atoms with Gasteiger partial charge < -0.3 is 0 Å². The summed E-state index contributed by atoms with van der Waals surface area (Å²) in [7, 11) is 0. The quantitative estimate of drug-likeness (QED) is 0.278. The maximum atomic E-state index is 3.65. The molecule has 0 unspecified atom stereocenters. The fourth-order valence-corrected chi connectivity index (χ4v) is 2.58. The van der Waals surface area contributed by atoms with E-state index in [4.69, 9.17) is 0 Å². The SMILES string of the molecule is CCCCCCCCCCCC[C@H](Br)CBr. The van der Waals surface area contributed by atoms with E-state index in [1.807, 2.05) is 0 Å². The molecule has 0 rings (SSSR count). The minimum absolute atomic E-state index is 0.682. The highest BCUT2D eigenvalue weighted by Crippen LogP contribution is 2.15. The molecule has 0 radical (unpaired) electrons. The first kappa shape index (κ1) is 17.0. The van der Waals surface area contributed by atoms with Crippen LogP contribution in [0.25, 0.3) is 0 Å². The number of hydrogen-bond donors (Lipinski definition) is 0. The van der Waals surface area contributed by atoms with Gasteiger partial charge in [-0.25, -0.2) is 0 Å². The van der Waals surface area contributed by atoms with Crippen LogP contribution in [0.3, 0.4) is 0 Å². The van der Waals surface area contributed by atoms with Gasteiger partial charge in [0.1, 0.15) is 0 Å². The highest BCUT2D eigenvalue weighted by atomic mass is 79.9. The van der Waals surface area contributed by atoms with Crippen LogP contribution in [-0.2, 0) is 0 Å². The van der Waals surface area contributed by atoms with Crippen molar-refractivity contribution < 1.29 is 0 Å². The Balaban J connectivity index is 2.93. The first-order valence-corrected chi connectivity index (χ1v) is 9.05. The van der Waals surface area contributed by atoms with Gasteiger partial charge in [-0.05, 0) is 6.42 Å². The van der Waals surface area contributed by atoms with Crippen LogP contribution >= 0.6 is 31.9 Å². The van der Waals surface area contributed by atoms with Crippen LogP contribution < -0.4 is 0 Å². The molecule has 0 aliphatic heterocycles. The molecule has 0 bridgehead atoms. The van der Waals surface area contributed by atoms with Crippen molar-refractivity contribution in [3.8, 4) is 0 Å². The van der Waals surface area contributed by atoms with Crippen molar-refractivity contribution in [2.24, 2.45) is 0 Å². The third kappa shape index (κ3) is 13.0. The lowest BCUT2D eigenvalue weighted by Crippen LogP contribution is -1.97. The monoisotopic (exact) mass is 354 g/mol. The van der Waals surface area contributed by atoms with Gasteiger partial charge in [0.15, 0.2) is 0 Å². The van der Waals surface area contributed by atoms with E-state index >= 15 is 0 Å².